The average Bonchev–Trinajstić information content (AvgIpc) is 2.98. The molecule has 0 radical (unpaired) electrons. The standard InChI is InChI=1S/C17H19N7S/c18-15-21-14(22-16(19)23-15)10-25-17-20-12-8-4-5-9-13(12)24(17)11-6-2-1-3-7-11/h1-3,6-7H,4-5,8-10H2,(H4,18,19,21,22,23). The van der Waals surface area contributed by atoms with E-state index < -0.39 is 0 Å². The van der Waals surface area contributed by atoms with E-state index in [0.29, 0.717) is 11.6 Å². The first-order valence-electron chi connectivity index (χ1n) is 8.25. The van der Waals surface area contributed by atoms with Gasteiger partial charge in [0, 0.05) is 11.4 Å². The van der Waals surface area contributed by atoms with Gasteiger partial charge in [0.05, 0.1) is 11.4 Å². The van der Waals surface area contributed by atoms with E-state index in [9.17, 15) is 0 Å². The largest absolute Gasteiger partial charge is 0.368 e. The van der Waals surface area contributed by atoms with E-state index in [0.717, 1.165) is 23.7 Å². The molecule has 2 aromatic heterocycles. The monoisotopic (exact) mass is 353 g/mol. The Kier molecular flexibility index (Phi) is 4.27. The van der Waals surface area contributed by atoms with Gasteiger partial charge < -0.3 is 11.5 Å². The SMILES string of the molecule is Nc1nc(N)nc(CSc2nc3c(n2-c2ccccc2)CCCC3)n1. The molecule has 0 amide bonds. The van der Waals surface area contributed by atoms with Gasteiger partial charge in [0.25, 0.3) is 0 Å². The summed E-state index contributed by atoms with van der Waals surface area (Å²) in [6, 6.07) is 10.3. The van der Waals surface area contributed by atoms with Crippen molar-refractivity contribution in [2.45, 2.75) is 36.6 Å². The van der Waals surface area contributed by atoms with Crippen molar-refractivity contribution in [2.24, 2.45) is 0 Å². The third kappa shape index (κ3) is 3.30. The fraction of sp³-hybridized carbons (Fsp3) is 0.294. The molecule has 128 valence electrons. The Morgan fingerprint density at radius 3 is 2.40 bits per heavy atom. The number of benzene rings is 1. The van der Waals surface area contributed by atoms with E-state index in [1.54, 1.807) is 11.8 Å². The highest BCUT2D eigenvalue weighted by Crippen LogP contribution is 2.31. The molecule has 25 heavy (non-hydrogen) atoms. The molecule has 1 aliphatic carbocycles. The Bertz CT molecular complexity index is 871. The van der Waals surface area contributed by atoms with Crippen LogP contribution in [0.15, 0.2) is 35.5 Å². The lowest BCUT2D eigenvalue weighted by Gasteiger charge is -2.15. The minimum atomic E-state index is 0.147. The molecule has 0 aliphatic heterocycles. The third-order valence-electron chi connectivity index (χ3n) is 4.16. The number of nitrogen functional groups attached to an aromatic ring is 2. The predicted octanol–water partition coefficient (Wildman–Crippen LogP) is 2.39. The normalized spacial score (nSPS) is 13.6. The van der Waals surface area contributed by atoms with Crippen molar-refractivity contribution in [2.75, 3.05) is 11.5 Å². The summed E-state index contributed by atoms with van der Waals surface area (Å²) in [5.74, 6) is 1.40. The van der Waals surface area contributed by atoms with Crippen LogP contribution in [0.2, 0.25) is 0 Å². The minimum absolute atomic E-state index is 0.147. The first kappa shape index (κ1) is 15.9. The number of aromatic nitrogens is 5. The molecule has 0 fully saturated rings. The summed E-state index contributed by atoms with van der Waals surface area (Å²) >= 11 is 1.59. The number of fused-ring (bicyclic) bond motifs is 1. The van der Waals surface area contributed by atoms with Crippen molar-refractivity contribution in [3.8, 4) is 5.69 Å². The molecule has 0 bridgehead atoms. The molecule has 8 heteroatoms. The van der Waals surface area contributed by atoms with Gasteiger partial charge in [0.15, 0.2) is 5.16 Å². The zero-order chi connectivity index (χ0) is 17.2. The van der Waals surface area contributed by atoms with Crippen molar-refractivity contribution in [1.82, 2.24) is 24.5 Å². The van der Waals surface area contributed by atoms with Crippen LogP contribution in [-0.4, -0.2) is 24.5 Å². The summed E-state index contributed by atoms with van der Waals surface area (Å²) in [7, 11) is 0. The number of hydrogen-bond donors (Lipinski definition) is 2. The molecule has 3 aromatic rings. The lowest BCUT2D eigenvalue weighted by Crippen LogP contribution is -2.08. The molecule has 0 unspecified atom stereocenters. The lowest BCUT2D eigenvalue weighted by molar-refractivity contribution is 0.654. The number of para-hydroxylation sites is 1. The van der Waals surface area contributed by atoms with E-state index in [-0.39, 0.29) is 11.9 Å². The second kappa shape index (κ2) is 6.72. The van der Waals surface area contributed by atoms with Gasteiger partial charge in [-0.2, -0.15) is 15.0 Å². The summed E-state index contributed by atoms with van der Waals surface area (Å²) in [5, 5.41) is 0.954. The summed E-state index contributed by atoms with van der Waals surface area (Å²) in [6.45, 7) is 0. The quantitative estimate of drug-likeness (QED) is 0.693. The molecule has 0 saturated heterocycles. The number of hydrogen-bond acceptors (Lipinski definition) is 7. The van der Waals surface area contributed by atoms with Crippen LogP contribution in [0.4, 0.5) is 11.9 Å². The smallest absolute Gasteiger partial charge is 0.225 e. The van der Waals surface area contributed by atoms with Gasteiger partial charge >= 0.3 is 0 Å². The third-order valence-corrected chi connectivity index (χ3v) is 5.10. The highest BCUT2D eigenvalue weighted by molar-refractivity contribution is 7.98. The van der Waals surface area contributed by atoms with Crippen molar-refractivity contribution < 1.29 is 0 Å². The molecule has 7 nitrogen and oxygen atoms in total. The Labute approximate surface area is 149 Å². The van der Waals surface area contributed by atoms with Crippen LogP contribution in [0.25, 0.3) is 5.69 Å². The number of imidazole rings is 1. The Morgan fingerprint density at radius 2 is 1.64 bits per heavy atom. The number of nitrogens with zero attached hydrogens (tertiary/aromatic N) is 5. The zero-order valence-corrected chi connectivity index (χ0v) is 14.5. The Morgan fingerprint density at radius 1 is 0.920 bits per heavy atom. The van der Waals surface area contributed by atoms with Gasteiger partial charge in [-0.1, -0.05) is 30.0 Å². The van der Waals surface area contributed by atoms with E-state index in [2.05, 4.69) is 31.7 Å². The van der Waals surface area contributed by atoms with E-state index in [1.165, 1.54) is 24.2 Å². The van der Waals surface area contributed by atoms with Gasteiger partial charge in [-0.3, -0.25) is 4.57 Å². The summed E-state index contributed by atoms with van der Waals surface area (Å²) in [6.07, 6.45) is 4.50. The van der Waals surface area contributed by atoms with Crippen LogP contribution in [-0.2, 0) is 18.6 Å². The van der Waals surface area contributed by atoms with E-state index in [4.69, 9.17) is 16.5 Å². The minimum Gasteiger partial charge on any atom is -0.368 e. The molecular weight excluding hydrogens is 334 g/mol. The average molecular weight is 353 g/mol. The second-order valence-electron chi connectivity index (χ2n) is 5.92. The number of anilines is 2. The summed E-state index contributed by atoms with van der Waals surface area (Å²) in [4.78, 5) is 17.0. The maximum Gasteiger partial charge on any atom is 0.225 e. The summed E-state index contributed by atoms with van der Waals surface area (Å²) < 4.78 is 2.26. The van der Waals surface area contributed by atoms with Crippen LogP contribution >= 0.6 is 11.8 Å². The first-order valence-corrected chi connectivity index (χ1v) is 9.24. The first-order chi connectivity index (χ1) is 12.2. The van der Waals surface area contributed by atoms with Crippen LogP contribution in [0.5, 0.6) is 0 Å². The Hall–Kier alpha value is -2.61. The van der Waals surface area contributed by atoms with Crippen molar-refractivity contribution in [3.63, 3.8) is 0 Å². The van der Waals surface area contributed by atoms with Crippen molar-refractivity contribution in [3.05, 3.63) is 47.5 Å². The van der Waals surface area contributed by atoms with E-state index >= 15 is 0 Å². The maximum atomic E-state index is 5.66. The molecule has 2 heterocycles. The van der Waals surface area contributed by atoms with Crippen molar-refractivity contribution >= 4 is 23.7 Å². The molecule has 0 spiro atoms. The highest BCUT2D eigenvalue weighted by Gasteiger charge is 2.21. The maximum absolute atomic E-state index is 5.66. The fourth-order valence-electron chi connectivity index (χ4n) is 3.11. The highest BCUT2D eigenvalue weighted by atomic mass is 32.2. The molecule has 0 saturated carbocycles. The molecule has 0 atom stereocenters. The van der Waals surface area contributed by atoms with Crippen LogP contribution in [0.1, 0.15) is 30.1 Å². The molecule has 1 aliphatic rings. The van der Waals surface area contributed by atoms with Gasteiger partial charge in [-0.15, -0.1) is 0 Å². The van der Waals surface area contributed by atoms with Crippen molar-refractivity contribution in [1.29, 1.82) is 0 Å². The number of rotatable bonds is 4. The topological polar surface area (TPSA) is 109 Å². The van der Waals surface area contributed by atoms with Crippen LogP contribution in [0, 0.1) is 0 Å². The second-order valence-corrected chi connectivity index (χ2v) is 6.87. The predicted molar refractivity (Wildman–Crippen MR) is 98.4 cm³/mol. The number of thioether (sulfide) groups is 1. The molecule has 1 aromatic carbocycles. The van der Waals surface area contributed by atoms with Gasteiger partial charge in [-0.25, -0.2) is 4.98 Å². The molecular formula is C17H19N7S. The fourth-order valence-corrected chi connectivity index (χ4v) is 4.01. The van der Waals surface area contributed by atoms with Crippen LogP contribution < -0.4 is 11.5 Å². The summed E-state index contributed by atoms with van der Waals surface area (Å²) in [5.41, 5.74) is 15.0. The van der Waals surface area contributed by atoms with Gasteiger partial charge in [0.2, 0.25) is 11.9 Å². The Balaban J connectivity index is 1.68. The van der Waals surface area contributed by atoms with Gasteiger partial charge in [-0.05, 0) is 37.8 Å². The zero-order valence-electron chi connectivity index (χ0n) is 13.7. The molecule has 4 N–H and O–H groups in total. The van der Waals surface area contributed by atoms with E-state index in [1.807, 2.05) is 18.2 Å². The van der Waals surface area contributed by atoms with Gasteiger partial charge in [0.1, 0.15) is 5.82 Å². The van der Waals surface area contributed by atoms with Crippen LogP contribution in [0.3, 0.4) is 0 Å². The number of aryl methyl sites for hydroxylation is 1. The lowest BCUT2D eigenvalue weighted by atomic mass is 10.0. The molecule has 4 rings (SSSR count). The number of nitrogens with two attached hydrogens (primary N) is 2.